The van der Waals surface area contributed by atoms with E-state index in [4.69, 9.17) is 18.0 Å². The van der Waals surface area contributed by atoms with Crippen LogP contribution in [-0.4, -0.2) is 28.0 Å². The van der Waals surface area contributed by atoms with Gasteiger partial charge in [-0.05, 0) is 20.8 Å². The zero-order valence-electron chi connectivity index (χ0n) is 10.8. The Morgan fingerprint density at radius 2 is 1.82 bits per heavy atom. The lowest BCUT2D eigenvalue weighted by molar-refractivity contribution is -0.132. The molecule has 0 heterocycles. The third kappa shape index (κ3) is 6.93. The molecule has 0 saturated carbocycles. The number of rotatable bonds is 8. The van der Waals surface area contributed by atoms with Crippen LogP contribution in [0.5, 0.6) is 0 Å². The molecule has 0 N–H and O–H groups in total. The van der Waals surface area contributed by atoms with Gasteiger partial charge >= 0.3 is 14.8 Å². The highest BCUT2D eigenvalue weighted by Crippen LogP contribution is 2.14. The largest absolute Gasteiger partial charge is 0.562 e. The lowest BCUT2D eigenvalue weighted by atomic mass is 10.6. The Hall–Kier alpha value is -1.11. The van der Waals surface area contributed by atoms with Crippen LogP contribution in [0.2, 0.25) is 6.55 Å². The summed E-state index contributed by atoms with van der Waals surface area (Å²) in [5.74, 6) is -0.111. The highest BCUT2D eigenvalue weighted by molar-refractivity contribution is 6.59. The van der Waals surface area contributed by atoms with Crippen LogP contribution in [0.25, 0.3) is 0 Å². The Morgan fingerprint density at radius 3 is 2.24 bits per heavy atom. The van der Waals surface area contributed by atoms with Gasteiger partial charge in [0.15, 0.2) is 0 Å². The van der Waals surface area contributed by atoms with Gasteiger partial charge in [0.2, 0.25) is 0 Å². The van der Waals surface area contributed by atoms with Crippen LogP contribution in [0.15, 0.2) is 24.7 Å². The molecule has 0 amide bonds. The number of carbonyl (C=O) groups excluding carboxylic acids is 1. The van der Waals surface area contributed by atoms with E-state index in [1.165, 1.54) is 6.26 Å². The van der Waals surface area contributed by atoms with Gasteiger partial charge in [0.05, 0.1) is 0 Å². The van der Waals surface area contributed by atoms with E-state index in [0.29, 0.717) is 19.0 Å². The maximum absolute atomic E-state index is 10.8. The highest BCUT2D eigenvalue weighted by Gasteiger charge is 2.36. The summed E-state index contributed by atoms with van der Waals surface area (Å²) < 4.78 is 21.2. The van der Waals surface area contributed by atoms with Crippen molar-refractivity contribution in [3.05, 3.63) is 24.7 Å². The van der Waals surface area contributed by atoms with Crippen molar-refractivity contribution in [2.75, 3.05) is 13.2 Å². The van der Waals surface area contributed by atoms with E-state index in [9.17, 15) is 4.79 Å². The second kappa shape index (κ2) is 8.05. The Kier molecular flexibility index (Phi) is 7.52. The van der Waals surface area contributed by atoms with E-state index in [1.807, 2.05) is 13.8 Å². The molecule has 0 aromatic carbocycles. The minimum Gasteiger partial charge on any atom is -0.502 e. The van der Waals surface area contributed by atoms with Gasteiger partial charge < -0.3 is 18.0 Å². The molecule has 0 aliphatic carbocycles. The average Bonchev–Trinajstić information content (AvgIpc) is 2.26. The van der Waals surface area contributed by atoms with Crippen molar-refractivity contribution in [3.63, 3.8) is 0 Å². The molecule has 0 aromatic heterocycles. The van der Waals surface area contributed by atoms with Crippen molar-refractivity contribution in [2.45, 2.75) is 27.3 Å². The minimum atomic E-state index is -2.68. The number of allylic oxidation sites excluding steroid dienone is 1. The molecule has 98 valence electrons. The lowest BCUT2D eigenvalue weighted by Gasteiger charge is -2.25. The van der Waals surface area contributed by atoms with Gasteiger partial charge in [0.25, 0.3) is 0 Å². The number of hydrogen-bond donors (Lipinski definition) is 0. The molecule has 0 radical (unpaired) electrons. The van der Waals surface area contributed by atoms with Crippen molar-refractivity contribution in [1.29, 1.82) is 0 Å². The van der Waals surface area contributed by atoms with E-state index in [0.717, 1.165) is 6.08 Å². The number of ether oxygens (including phenoxy) is 1. The maximum atomic E-state index is 10.8. The molecule has 0 rings (SSSR count). The summed E-state index contributed by atoms with van der Waals surface area (Å²) in [7, 11) is -2.68. The van der Waals surface area contributed by atoms with Crippen molar-refractivity contribution >= 4 is 14.8 Å². The molecule has 0 atom stereocenters. The molecule has 0 aliphatic rings. The van der Waals surface area contributed by atoms with Crippen LogP contribution in [0, 0.1) is 0 Å². The smallest absolute Gasteiger partial charge is 0.502 e. The van der Waals surface area contributed by atoms with Crippen molar-refractivity contribution in [1.82, 2.24) is 0 Å². The fraction of sp³-hybridized carbons (Fsp3) is 0.545. The first-order valence-corrected chi connectivity index (χ1v) is 7.66. The first-order valence-electron chi connectivity index (χ1n) is 5.44. The van der Waals surface area contributed by atoms with Crippen LogP contribution in [0.4, 0.5) is 0 Å². The van der Waals surface area contributed by atoms with Crippen molar-refractivity contribution in [2.24, 2.45) is 0 Å². The van der Waals surface area contributed by atoms with Gasteiger partial charge in [-0.15, -0.1) is 0 Å². The zero-order chi connectivity index (χ0) is 13.3. The van der Waals surface area contributed by atoms with Gasteiger partial charge in [-0.1, -0.05) is 6.58 Å². The third-order valence-corrected chi connectivity index (χ3v) is 3.99. The predicted octanol–water partition coefficient (Wildman–Crippen LogP) is 2.24. The molecule has 0 spiro atoms. The van der Waals surface area contributed by atoms with Gasteiger partial charge in [-0.25, -0.2) is 4.79 Å². The Balaban J connectivity index is 4.43. The Morgan fingerprint density at radius 1 is 1.29 bits per heavy atom. The van der Waals surface area contributed by atoms with Gasteiger partial charge in [-0.3, -0.25) is 0 Å². The van der Waals surface area contributed by atoms with E-state index in [2.05, 4.69) is 6.58 Å². The normalized spacial score (nSPS) is 12.1. The molecule has 5 nitrogen and oxygen atoms in total. The first-order chi connectivity index (χ1) is 7.97. The van der Waals surface area contributed by atoms with E-state index >= 15 is 0 Å². The monoisotopic (exact) mass is 260 g/mol. The predicted molar refractivity (Wildman–Crippen MR) is 66.0 cm³/mol. The van der Waals surface area contributed by atoms with Crippen LogP contribution >= 0.6 is 0 Å². The molecule has 0 bridgehead atoms. The SMILES string of the molecule is C=CC(=O)O/C=C(\C)O[Si](C)(OCC)OCC. The van der Waals surface area contributed by atoms with Gasteiger partial charge in [-0.2, -0.15) is 0 Å². The Labute approximate surface area is 103 Å². The van der Waals surface area contributed by atoms with Gasteiger partial charge in [0, 0.05) is 25.8 Å². The average molecular weight is 260 g/mol. The summed E-state index contributed by atoms with van der Waals surface area (Å²) in [6.07, 6.45) is 2.29. The molecule has 0 fully saturated rings. The van der Waals surface area contributed by atoms with E-state index < -0.39 is 14.8 Å². The number of esters is 1. The summed E-state index contributed by atoms with van der Waals surface area (Å²) in [5, 5.41) is 0. The summed E-state index contributed by atoms with van der Waals surface area (Å²) in [4.78, 5) is 10.8. The highest BCUT2D eigenvalue weighted by atomic mass is 28.4. The van der Waals surface area contributed by atoms with Gasteiger partial charge in [0.1, 0.15) is 12.0 Å². The first kappa shape index (κ1) is 15.9. The van der Waals surface area contributed by atoms with Crippen molar-refractivity contribution in [3.8, 4) is 0 Å². The van der Waals surface area contributed by atoms with Crippen LogP contribution < -0.4 is 0 Å². The summed E-state index contributed by atoms with van der Waals surface area (Å²) in [6, 6.07) is 0. The number of carbonyl (C=O) groups is 1. The molecule has 6 heteroatoms. The van der Waals surface area contributed by atoms with Crippen molar-refractivity contribution < 1.29 is 22.8 Å². The van der Waals surface area contributed by atoms with E-state index in [1.54, 1.807) is 13.5 Å². The third-order valence-electron chi connectivity index (χ3n) is 1.67. The molecule has 0 aliphatic heterocycles. The maximum Gasteiger partial charge on any atom is 0.562 e. The standard InChI is InChI=1S/C11H20O5Si/c1-6-11(12)13-9-10(4)16-17(5,14-7-2)15-8-3/h6,9H,1,7-8H2,2-5H3/b10-9+. The molecule has 0 unspecified atom stereocenters. The van der Waals surface area contributed by atoms with Crippen LogP contribution in [0.3, 0.4) is 0 Å². The molecule has 0 aromatic rings. The molecule has 0 saturated heterocycles. The lowest BCUT2D eigenvalue weighted by Crippen LogP contribution is -2.42. The summed E-state index contributed by atoms with van der Waals surface area (Å²) in [5.41, 5.74) is 0. The summed E-state index contributed by atoms with van der Waals surface area (Å²) >= 11 is 0. The minimum absolute atomic E-state index is 0.427. The number of hydrogen-bond acceptors (Lipinski definition) is 5. The molecular weight excluding hydrogens is 240 g/mol. The van der Waals surface area contributed by atoms with Crippen LogP contribution in [0.1, 0.15) is 20.8 Å². The van der Waals surface area contributed by atoms with Crippen LogP contribution in [-0.2, 0) is 22.8 Å². The topological polar surface area (TPSA) is 54.0 Å². The zero-order valence-corrected chi connectivity index (χ0v) is 11.8. The quantitative estimate of drug-likeness (QED) is 0.290. The Bertz CT molecular complexity index is 282. The second-order valence-electron chi connectivity index (χ2n) is 3.20. The fourth-order valence-corrected chi connectivity index (χ4v) is 3.01. The molecule has 17 heavy (non-hydrogen) atoms. The van der Waals surface area contributed by atoms with E-state index in [-0.39, 0.29) is 0 Å². The fourth-order valence-electron chi connectivity index (χ4n) is 1.13. The summed E-state index contributed by atoms with van der Waals surface area (Å²) in [6.45, 7) is 11.5. The molecular formula is C11H20O5Si. The second-order valence-corrected chi connectivity index (χ2v) is 5.71.